The number of benzene rings is 1. The minimum Gasteiger partial charge on any atom is -0.491 e. The third-order valence-electron chi connectivity index (χ3n) is 3.90. The molecule has 1 aliphatic rings. The molecular weight excluding hydrogens is 229 g/mol. The van der Waals surface area contributed by atoms with Crippen molar-refractivity contribution in [3.63, 3.8) is 0 Å². The van der Waals surface area contributed by atoms with Crippen molar-refractivity contribution in [2.45, 2.75) is 38.6 Å². The van der Waals surface area contributed by atoms with E-state index in [2.05, 4.69) is 5.32 Å². The lowest BCUT2D eigenvalue weighted by atomic mass is 9.83. The van der Waals surface area contributed by atoms with E-state index in [1.807, 2.05) is 20.0 Å². The molecule has 3 heteroatoms. The second kappa shape index (κ2) is 6.19. The molecule has 0 saturated heterocycles. The molecule has 0 bridgehead atoms. The molecule has 2 rings (SSSR count). The first-order valence-corrected chi connectivity index (χ1v) is 6.80. The molecule has 0 radical (unpaired) electrons. The fraction of sp³-hybridized carbons (Fsp3) is 0.600. The lowest BCUT2D eigenvalue weighted by Crippen LogP contribution is -2.15. The van der Waals surface area contributed by atoms with Crippen LogP contribution in [0.3, 0.4) is 0 Å². The highest BCUT2D eigenvalue weighted by molar-refractivity contribution is 5.30. The van der Waals surface area contributed by atoms with Gasteiger partial charge in [0, 0.05) is 6.04 Å². The summed E-state index contributed by atoms with van der Waals surface area (Å²) < 4.78 is 19.3. The molecule has 0 aromatic heterocycles. The molecule has 0 spiro atoms. The maximum Gasteiger partial charge on any atom is 0.165 e. The van der Waals surface area contributed by atoms with Gasteiger partial charge >= 0.3 is 0 Å². The van der Waals surface area contributed by atoms with Gasteiger partial charge in [-0.2, -0.15) is 0 Å². The van der Waals surface area contributed by atoms with E-state index in [1.54, 1.807) is 12.1 Å². The van der Waals surface area contributed by atoms with E-state index in [4.69, 9.17) is 4.74 Å². The van der Waals surface area contributed by atoms with Crippen LogP contribution >= 0.6 is 0 Å². The largest absolute Gasteiger partial charge is 0.491 e. The van der Waals surface area contributed by atoms with Crippen molar-refractivity contribution in [1.82, 2.24) is 5.32 Å². The molecule has 1 N–H and O–H groups in total. The molecule has 1 fully saturated rings. The Bertz CT molecular complexity index is 390. The number of nitrogens with one attached hydrogen (secondary N) is 1. The maximum atomic E-state index is 13.8. The van der Waals surface area contributed by atoms with Crippen LogP contribution in [-0.4, -0.2) is 13.7 Å². The number of rotatable bonds is 6. The highest BCUT2D eigenvalue weighted by Gasteiger charge is 2.17. The van der Waals surface area contributed by atoms with Gasteiger partial charge in [-0.15, -0.1) is 0 Å². The van der Waals surface area contributed by atoms with Crippen LogP contribution in [0.15, 0.2) is 18.2 Å². The van der Waals surface area contributed by atoms with E-state index in [1.165, 1.54) is 19.3 Å². The SMILES string of the molecule is CNC(C)c1ccc(OCCC2CCC2)c(F)c1. The average molecular weight is 251 g/mol. The Morgan fingerprint density at radius 3 is 2.78 bits per heavy atom. The van der Waals surface area contributed by atoms with Crippen molar-refractivity contribution in [2.24, 2.45) is 5.92 Å². The van der Waals surface area contributed by atoms with Gasteiger partial charge in [-0.3, -0.25) is 0 Å². The van der Waals surface area contributed by atoms with E-state index in [0.717, 1.165) is 17.9 Å². The van der Waals surface area contributed by atoms with E-state index in [0.29, 0.717) is 12.4 Å². The molecule has 0 amide bonds. The average Bonchev–Trinajstić information content (AvgIpc) is 2.32. The minimum absolute atomic E-state index is 0.156. The summed E-state index contributed by atoms with van der Waals surface area (Å²) in [6.45, 7) is 2.63. The van der Waals surface area contributed by atoms with Gasteiger partial charge in [0.1, 0.15) is 0 Å². The Labute approximate surface area is 109 Å². The fourth-order valence-corrected chi connectivity index (χ4v) is 2.19. The second-order valence-electron chi connectivity index (χ2n) is 5.13. The normalized spacial score (nSPS) is 17.3. The highest BCUT2D eigenvalue weighted by Crippen LogP contribution is 2.29. The topological polar surface area (TPSA) is 21.3 Å². The van der Waals surface area contributed by atoms with Gasteiger partial charge in [-0.1, -0.05) is 25.3 Å². The highest BCUT2D eigenvalue weighted by atomic mass is 19.1. The predicted molar refractivity (Wildman–Crippen MR) is 71.3 cm³/mol. The third kappa shape index (κ3) is 3.22. The summed E-state index contributed by atoms with van der Waals surface area (Å²) in [4.78, 5) is 0. The van der Waals surface area contributed by atoms with Gasteiger partial charge in [0.25, 0.3) is 0 Å². The van der Waals surface area contributed by atoms with E-state index < -0.39 is 0 Å². The van der Waals surface area contributed by atoms with Gasteiger partial charge in [0.2, 0.25) is 0 Å². The number of hydrogen-bond donors (Lipinski definition) is 1. The number of halogens is 1. The molecule has 1 unspecified atom stereocenters. The van der Waals surface area contributed by atoms with Gasteiger partial charge < -0.3 is 10.1 Å². The molecule has 1 saturated carbocycles. The Morgan fingerprint density at radius 2 is 2.22 bits per heavy atom. The van der Waals surface area contributed by atoms with Crippen LogP contribution in [0.1, 0.15) is 44.2 Å². The van der Waals surface area contributed by atoms with Crippen molar-refractivity contribution in [1.29, 1.82) is 0 Å². The summed E-state index contributed by atoms with van der Waals surface area (Å²) in [5.74, 6) is 0.918. The molecule has 1 aromatic rings. The van der Waals surface area contributed by atoms with Gasteiger partial charge in [-0.25, -0.2) is 4.39 Å². The Kier molecular flexibility index (Phi) is 4.59. The van der Waals surface area contributed by atoms with E-state index in [9.17, 15) is 4.39 Å². The van der Waals surface area contributed by atoms with E-state index >= 15 is 0 Å². The van der Waals surface area contributed by atoms with Crippen LogP contribution < -0.4 is 10.1 Å². The Hall–Kier alpha value is -1.09. The van der Waals surface area contributed by atoms with Crippen LogP contribution in [0, 0.1) is 11.7 Å². The van der Waals surface area contributed by atoms with Crippen LogP contribution in [-0.2, 0) is 0 Å². The van der Waals surface area contributed by atoms with Gasteiger partial charge in [0.05, 0.1) is 6.61 Å². The smallest absolute Gasteiger partial charge is 0.165 e. The molecule has 1 aromatic carbocycles. The summed E-state index contributed by atoms with van der Waals surface area (Å²) in [5.41, 5.74) is 0.946. The standard InChI is InChI=1S/C15H22FNO/c1-11(17-2)13-6-7-15(14(16)10-13)18-9-8-12-4-3-5-12/h6-7,10-12,17H,3-5,8-9H2,1-2H3. The van der Waals surface area contributed by atoms with Gasteiger partial charge in [0.15, 0.2) is 11.6 Å². The first-order valence-electron chi connectivity index (χ1n) is 6.80. The summed E-state index contributed by atoms with van der Waals surface area (Å²) in [6, 6.07) is 5.37. The molecule has 1 atom stereocenters. The molecule has 0 aliphatic heterocycles. The zero-order chi connectivity index (χ0) is 13.0. The number of ether oxygens (including phenoxy) is 1. The Morgan fingerprint density at radius 1 is 1.44 bits per heavy atom. The van der Waals surface area contributed by atoms with Gasteiger partial charge in [-0.05, 0) is 44.0 Å². The second-order valence-corrected chi connectivity index (χ2v) is 5.13. The zero-order valence-corrected chi connectivity index (χ0v) is 11.2. The predicted octanol–water partition coefficient (Wildman–Crippen LogP) is 3.68. The van der Waals surface area contributed by atoms with Crippen molar-refractivity contribution >= 4 is 0 Å². The maximum absolute atomic E-state index is 13.8. The minimum atomic E-state index is -0.261. The van der Waals surface area contributed by atoms with Crippen molar-refractivity contribution in [3.05, 3.63) is 29.6 Å². The van der Waals surface area contributed by atoms with Crippen LogP contribution in [0.2, 0.25) is 0 Å². The molecule has 100 valence electrons. The molecule has 0 heterocycles. The molecule has 1 aliphatic carbocycles. The lowest BCUT2D eigenvalue weighted by Gasteiger charge is -2.25. The summed E-state index contributed by atoms with van der Waals surface area (Å²) >= 11 is 0. The zero-order valence-electron chi connectivity index (χ0n) is 11.2. The fourth-order valence-electron chi connectivity index (χ4n) is 2.19. The third-order valence-corrected chi connectivity index (χ3v) is 3.90. The quantitative estimate of drug-likeness (QED) is 0.832. The van der Waals surface area contributed by atoms with Crippen LogP contribution in [0.4, 0.5) is 4.39 Å². The summed E-state index contributed by atoms with van der Waals surface area (Å²) in [6.07, 6.45) is 5.01. The molecular formula is C15H22FNO. The van der Waals surface area contributed by atoms with Crippen LogP contribution in [0.25, 0.3) is 0 Å². The van der Waals surface area contributed by atoms with Crippen LogP contribution in [0.5, 0.6) is 5.75 Å². The molecule has 18 heavy (non-hydrogen) atoms. The van der Waals surface area contributed by atoms with E-state index in [-0.39, 0.29) is 11.9 Å². The molecule has 2 nitrogen and oxygen atoms in total. The summed E-state index contributed by atoms with van der Waals surface area (Å²) in [5, 5.41) is 3.09. The first kappa shape index (κ1) is 13.3. The van der Waals surface area contributed by atoms with Crippen molar-refractivity contribution < 1.29 is 9.13 Å². The lowest BCUT2D eigenvalue weighted by molar-refractivity contribution is 0.216. The Balaban J connectivity index is 1.87. The monoisotopic (exact) mass is 251 g/mol. The number of hydrogen-bond acceptors (Lipinski definition) is 2. The van der Waals surface area contributed by atoms with Crippen molar-refractivity contribution in [2.75, 3.05) is 13.7 Å². The first-order chi connectivity index (χ1) is 8.70. The summed E-state index contributed by atoms with van der Waals surface area (Å²) in [7, 11) is 1.87. The van der Waals surface area contributed by atoms with Crippen molar-refractivity contribution in [3.8, 4) is 5.75 Å².